The lowest BCUT2D eigenvalue weighted by molar-refractivity contribution is -0.140. The van der Waals surface area contributed by atoms with Crippen molar-refractivity contribution in [2.45, 2.75) is 38.6 Å². The van der Waals surface area contributed by atoms with Crippen molar-refractivity contribution in [2.75, 3.05) is 13.7 Å². The summed E-state index contributed by atoms with van der Waals surface area (Å²) < 4.78 is 4.56. The number of methoxy groups -OCH3 is 1. The molecule has 0 atom stereocenters. The SMILES string of the molecule is COC(=O)CCNC(C)(C)C1CC1. The summed E-state index contributed by atoms with van der Waals surface area (Å²) in [4.78, 5) is 10.8. The first-order valence-electron chi connectivity index (χ1n) is 4.88. The van der Waals surface area contributed by atoms with Gasteiger partial charge in [0, 0.05) is 12.1 Å². The molecule has 0 spiro atoms. The van der Waals surface area contributed by atoms with Gasteiger partial charge in [-0.25, -0.2) is 0 Å². The van der Waals surface area contributed by atoms with Gasteiger partial charge in [-0.1, -0.05) is 0 Å². The van der Waals surface area contributed by atoms with Gasteiger partial charge < -0.3 is 10.1 Å². The molecule has 13 heavy (non-hydrogen) atoms. The molecule has 0 radical (unpaired) electrons. The van der Waals surface area contributed by atoms with Crippen molar-refractivity contribution in [1.29, 1.82) is 0 Å². The van der Waals surface area contributed by atoms with E-state index in [1.165, 1.54) is 20.0 Å². The Kier molecular flexibility index (Phi) is 3.31. The maximum absolute atomic E-state index is 10.8. The van der Waals surface area contributed by atoms with Gasteiger partial charge in [0.05, 0.1) is 13.5 Å². The predicted octanol–water partition coefficient (Wildman–Crippen LogP) is 1.33. The fourth-order valence-corrected chi connectivity index (χ4v) is 1.54. The molecular weight excluding hydrogens is 166 g/mol. The van der Waals surface area contributed by atoms with Crippen LogP contribution in [-0.2, 0) is 9.53 Å². The van der Waals surface area contributed by atoms with E-state index in [4.69, 9.17) is 0 Å². The molecule has 0 aliphatic heterocycles. The van der Waals surface area contributed by atoms with Crippen molar-refractivity contribution < 1.29 is 9.53 Å². The Morgan fingerprint density at radius 3 is 2.62 bits per heavy atom. The average molecular weight is 185 g/mol. The van der Waals surface area contributed by atoms with E-state index in [0.29, 0.717) is 6.42 Å². The third kappa shape index (κ3) is 3.35. The Hall–Kier alpha value is -0.570. The fraction of sp³-hybridized carbons (Fsp3) is 0.900. The molecule has 1 fully saturated rings. The van der Waals surface area contributed by atoms with E-state index in [2.05, 4.69) is 23.9 Å². The van der Waals surface area contributed by atoms with Gasteiger partial charge >= 0.3 is 5.97 Å². The summed E-state index contributed by atoms with van der Waals surface area (Å²) in [5.41, 5.74) is 0.189. The van der Waals surface area contributed by atoms with Crippen LogP contribution in [0.1, 0.15) is 33.1 Å². The van der Waals surface area contributed by atoms with Crippen LogP contribution in [0.5, 0.6) is 0 Å². The molecule has 76 valence electrons. The molecule has 3 nitrogen and oxygen atoms in total. The minimum atomic E-state index is -0.140. The zero-order valence-corrected chi connectivity index (χ0v) is 8.72. The molecule has 0 amide bonds. The van der Waals surface area contributed by atoms with E-state index < -0.39 is 0 Å². The van der Waals surface area contributed by atoms with E-state index >= 15 is 0 Å². The average Bonchev–Trinajstić information content (AvgIpc) is 2.85. The molecule has 0 aromatic rings. The number of rotatable bonds is 5. The van der Waals surface area contributed by atoms with Gasteiger partial charge in [0.15, 0.2) is 0 Å². The van der Waals surface area contributed by atoms with Crippen molar-refractivity contribution in [3.05, 3.63) is 0 Å². The third-order valence-corrected chi connectivity index (χ3v) is 2.74. The minimum absolute atomic E-state index is 0.140. The summed E-state index contributed by atoms with van der Waals surface area (Å²) in [5.74, 6) is 0.657. The Bertz CT molecular complexity index is 185. The second-order valence-corrected chi connectivity index (χ2v) is 4.25. The predicted molar refractivity (Wildman–Crippen MR) is 51.4 cm³/mol. The van der Waals surface area contributed by atoms with E-state index in [9.17, 15) is 4.79 Å². The van der Waals surface area contributed by atoms with Crippen LogP contribution in [-0.4, -0.2) is 25.2 Å². The third-order valence-electron chi connectivity index (χ3n) is 2.74. The van der Waals surface area contributed by atoms with Crippen LogP contribution < -0.4 is 5.32 Å². The van der Waals surface area contributed by atoms with Crippen LogP contribution in [0.25, 0.3) is 0 Å². The van der Waals surface area contributed by atoms with Gasteiger partial charge in [-0.2, -0.15) is 0 Å². The van der Waals surface area contributed by atoms with Crippen LogP contribution in [0.2, 0.25) is 0 Å². The quantitative estimate of drug-likeness (QED) is 0.657. The normalized spacial score (nSPS) is 17.2. The number of carbonyl (C=O) groups is 1. The van der Waals surface area contributed by atoms with Crippen molar-refractivity contribution >= 4 is 5.97 Å². The maximum Gasteiger partial charge on any atom is 0.306 e. The number of hydrogen-bond donors (Lipinski definition) is 1. The largest absolute Gasteiger partial charge is 0.469 e. The zero-order chi connectivity index (χ0) is 9.90. The standard InChI is InChI=1S/C10H19NO2/c1-10(2,8-4-5-8)11-7-6-9(12)13-3/h8,11H,4-7H2,1-3H3. The first kappa shape index (κ1) is 10.5. The van der Waals surface area contributed by atoms with Crippen molar-refractivity contribution in [3.8, 4) is 0 Å². The molecule has 0 aromatic carbocycles. The summed E-state index contributed by atoms with van der Waals surface area (Å²) in [6.07, 6.45) is 3.10. The van der Waals surface area contributed by atoms with E-state index in [1.54, 1.807) is 0 Å². The van der Waals surface area contributed by atoms with Crippen LogP contribution in [0, 0.1) is 5.92 Å². The molecule has 0 saturated heterocycles. The highest BCUT2D eigenvalue weighted by Gasteiger charge is 2.36. The second-order valence-electron chi connectivity index (χ2n) is 4.25. The summed E-state index contributed by atoms with van der Waals surface area (Å²) in [6.45, 7) is 5.11. The first-order chi connectivity index (χ1) is 6.06. The second kappa shape index (κ2) is 4.09. The van der Waals surface area contributed by atoms with Gasteiger partial charge in [0.2, 0.25) is 0 Å². The summed E-state index contributed by atoms with van der Waals surface area (Å²) >= 11 is 0. The number of ether oxygens (including phenoxy) is 1. The Morgan fingerprint density at radius 2 is 2.15 bits per heavy atom. The number of esters is 1. The maximum atomic E-state index is 10.8. The van der Waals surface area contributed by atoms with Crippen LogP contribution >= 0.6 is 0 Å². The summed E-state index contributed by atoms with van der Waals surface area (Å²) in [6, 6.07) is 0. The van der Waals surface area contributed by atoms with Crippen molar-refractivity contribution in [3.63, 3.8) is 0 Å². The van der Waals surface area contributed by atoms with E-state index in [0.717, 1.165) is 12.5 Å². The lowest BCUT2D eigenvalue weighted by Gasteiger charge is -2.25. The van der Waals surface area contributed by atoms with Crippen LogP contribution in [0.4, 0.5) is 0 Å². The van der Waals surface area contributed by atoms with Crippen LogP contribution in [0.3, 0.4) is 0 Å². The highest BCUT2D eigenvalue weighted by atomic mass is 16.5. The zero-order valence-electron chi connectivity index (χ0n) is 8.72. The van der Waals surface area contributed by atoms with E-state index in [-0.39, 0.29) is 11.5 Å². The van der Waals surface area contributed by atoms with Gasteiger partial charge in [0.25, 0.3) is 0 Å². The first-order valence-corrected chi connectivity index (χ1v) is 4.88. The Labute approximate surface area is 79.8 Å². The molecule has 1 saturated carbocycles. The van der Waals surface area contributed by atoms with Gasteiger partial charge in [-0.3, -0.25) is 4.79 Å². The molecule has 0 aromatic heterocycles. The number of nitrogens with one attached hydrogen (secondary N) is 1. The summed E-state index contributed by atoms with van der Waals surface area (Å²) in [5, 5.41) is 3.39. The molecule has 1 aliphatic rings. The molecular formula is C10H19NO2. The highest BCUT2D eigenvalue weighted by Crippen LogP contribution is 2.38. The Morgan fingerprint density at radius 1 is 1.54 bits per heavy atom. The minimum Gasteiger partial charge on any atom is -0.469 e. The molecule has 0 bridgehead atoms. The Balaban J connectivity index is 2.14. The molecule has 1 aliphatic carbocycles. The highest BCUT2D eigenvalue weighted by molar-refractivity contribution is 5.69. The topological polar surface area (TPSA) is 38.3 Å². The van der Waals surface area contributed by atoms with Crippen molar-refractivity contribution in [1.82, 2.24) is 5.32 Å². The summed E-state index contributed by atoms with van der Waals surface area (Å²) in [7, 11) is 1.42. The van der Waals surface area contributed by atoms with Gasteiger partial charge in [-0.05, 0) is 32.6 Å². The lowest BCUT2D eigenvalue weighted by Crippen LogP contribution is -2.42. The van der Waals surface area contributed by atoms with Crippen molar-refractivity contribution in [2.24, 2.45) is 5.92 Å². The molecule has 0 heterocycles. The lowest BCUT2D eigenvalue weighted by atomic mass is 9.99. The molecule has 3 heteroatoms. The van der Waals surface area contributed by atoms with Gasteiger partial charge in [0.1, 0.15) is 0 Å². The van der Waals surface area contributed by atoms with E-state index in [1.807, 2.05) is 0 Å². The molecule has 1 N–H and O–H groups in total. The van der Waals surface area contributed by atoms with Gasteiger partial charge in [-0.15, -0.1) is 0 Å². The monoisotopic (exact) mass is 185 g/mol. The fourth-order valence-electron chi connectivity index (χ4n) is 1.54. The molecule has 0 unspecified atom stereocenters. The van der Waals surface area contributed by atoms with Crippen LogP contribution in [0.15, 0.2) is 0 Å². The molecule has 1 rings (SSSR count). The number of hydrogen-bond acceptors (Lipinski definition) is 3. The smallest absolute Gasteiger partial charge is 0.306 e. The number of carbonyl (C=O) groups excluding carboxylic acids is 1.